The summed E-state index contributed by atoms with van der Waals surface area (Å²) in [5.41, 5.74) is 2.59. The van der Waals surface area contributed by atoms with Crippen LogP contribution in [0.2, 0.25) is 0 Å². The van der Waals surface area contributed by atoms with Gasteiger partial charge in [0.1, 0.15) is 0 Å². The summed E-state index contributed by atoms with van der Waals surface area (Å²) < 4.78 is 5.12. The van der Waals surface area contributed by atoms with Gasteiger partial charge in [-0.25, -0.2) is 0 Å². The van der Waals surface area contributed by atoms with Gasteiger partial charge in [-0.1, -0.05) is 24.3 Å². The molecule has 0 saturated carbocycles. The number of likely N-dealkylation sites (N-methyl/N-ethyl adjacent to an activating group) is 1. The molecular formula is C14H20N2O2. The Hall–Kier alpha value is -1.39. The first-order valence-electron chi connectivity index (χ1n) is 6.27. The normalized spacial score (nSPS) is 19.3. The number of carbonyl (C=O) groups is 1. The number of amides is 1. The molecule has 0 bridgehead atoms. The van der Waals surface area contributed by atoms with Gasteiger partial charge in [-0.15, -0.1) is 0 Å². The number of nitrogens with zero attached hydrogens (tertiary/aromatic N) is 1. The highest BCUT2D eigenvalue weighted by atomic mass is 16.5. The first-order chi connectivity index (χ1) is 8.76. The van der Waals surface area contributed by atoms with Crippen molar-refractivity contribution in [2.24, 2.45) is 0 Å². The number of methoxy groups -OCH3 is 1. The third-order valence-corrected chi connectivity index (χ3v) is 3.48. The van der Waals surface area contributed by atoms with Crippen LogP contribution in [-0.4, -0.2) is 44.2 Å². The van der Waals surface area contributed by atoms with E-state index in [0.29, 0.717) is 6.61 Å². The fourth-order valence-corrected chi connectivity index (χ4v) is 2.45. The van der Waals surface area contributed by atoms with Gasteiger partial charge < -0.3 is 10.1 Å². The minimum Gasteiger partial charge on any atom is -0.383 e. The maximum atomic E-state index is 12.0. The lowest BCUT2D eigenvalue weighted by Gasteiger charge is -2.35. The van der Waals surface area contributed by atoms with Crippen molar-refractivity contribution in [2.75, 3.05) is 27.3 Å². The molecule has 1 aromatic carbocycles. The van der Waals surface area contributed by atoms with Crippen LogP contribution in [0.1, 0.15) is 11.1 Å². The smallest absolute Gasteiger partial charge is 0.237 e. The zero-order chi connectivity index (χ0) is 13.0. The number of ether oxygens (including phenoxy) is 1. The number of nitrogens with one attached hydrogen (secondary N) is 1. The monoisotopic (exact) mass is 248 g/mol. The summed E-state index contributed by atoms with van der Waals surface area (Å²) in [5.74, 6) is 0.0839. The molecule has 18 heavy (non-hydrogen) atoms. The quantitative estimate of drug-likeness (QED) is 0.857. The summed E-state index contributed by atoms with van der Waals surface area (Å²) >= 11 is 0. The number of fused-ring (bicyclic) bond motifs is 1. The Labute approximate surface area is 108 Å². The second kappa shape index (κ2) is 5.98. The summed E-state index contributed by atoms with van der Waals surface area (Å²) in [6.45, 7) is 2.25. The second-order valence-corrected chi connectivity index (χ2v) is 4.57. The van der Waals surface area contributed by atoms with Gasteiger partial charge in [-0.2, -0.15) is 0 Å². The Morgan fingerprint density at radius 1 is 1.44 bits per heavy atom. The lowest BCUT2D eigenvalue weighted by atomic mass is 9.93. The van der Waals surface area contributed by atoms with Gasteiger partial charge in [0.05, 0.1) is 12.6 Å². The Morgan fingerprint density at radius 3 is 2.83 bits per heavy atom. The van der Waals surface area contributed by atoms with E-state index in [1.54, 1.807) is 14.2 Å². The minimum absolute atomic E-state index is 0.0833. The Balaban J connectivity index is 2.19. The number of benzene rings is 1. The molecule has 0 radical (unpaired) electrons. The molecule has 4 nitrogen and oxygen atoms in total. The van der Waals surface area contributed by atoms with Gasteiger partial charge in [-0.3, -0.25) is 9.69 Å². The van der Waals surface area contributed by atoms with Crippen molar-refractivity contribution in [3.63, 3.8) is 0 Å². The molecule has 1 aromatic rings. The average molecular weight is 248 g/mol. The molecule has 1 amide bonds. The van der Waals surface area contributed by atoms with Crippen molar-refractivity contribution >= 4 is 5.91 Å². The van der Waals surface area contributed by atoms with E-state index in [1.165, 1.54) is 11.1 Å². The SMILES string of the molecule is CNC(=O)[C@@H]1Cc2ccccc2CN1CCOC. The molecule has 0 spiro atoms. The van der Waals surface area contributed by atoms with E-state index in [4.69, 9.17) is 4.74 Å². The summed E-state index contributed by atoms with van der Waals surface area (Å²) in [7, 11) is 3.38. The van der Waals surface area contributed by atoms with Crippen LogP contribution in [-0.2, 0) is 22.5 Å². The summed E-state index contributed by atoms with van der Waals surface area (Å²) in [6.07, 6.45) is 0.777. The molecule has 0 fully saturated rings. The summed E-state index contributed by atoms with van der Waals surface area (Å²) in [4.78, 5) is 14.1. The van der Waals surface area contributed by atoms with Crippen LogP contribution in [0.25, 0.3) is 0 Å². The Bertz CT molecular complexity index is 420. The highest BCUT2D eigenvalue weighted by molar-refractivity contribution is 5.82. The molecule has 4 heteroatoms. The van der Waals surface area contributed by atoms with Crippen LogP contribution in [0, 0.1) is 0 Å². The van der Waals surface area contributed by atoms with E-state index in [-0.39, 0.29) is 11.9 Å². The standard InChI is InChI=1S/C14H20N2O2/c1-15-14(17)13-9-11-5-3-4-6-12(11)10-16(13)7-8-18-2/h3-6,13H,7-10H2,1-2H3,(H,15,17)/t13-/m0/s1. The largest absolute Gasteiger partial charge is 0.383 e. The lowest BCUT2D eigenvalue weighted by molar-refractivity contribution is -0.126. The predicted octanol–water partition coefficient (Wildman–Crippen LogP) is 0.806. The molecule has 0 aliphatic carbocycles. The van der Waals surface area contributed by atoms with Crippen molar-refractivity contribution in [1.82, 2.24) is 10.2 Å². The molecule has 1 aliphatic rings. The van der Waals surface area contributed by atoms with Gasteiger partial charge in [-0.05, 0) is 17.5 Å². The Morgan fingerprint density at radius 2 is 2.17 bits per heavy atom. The number of rotatable bonds is 4. The molecule has 1 aliphatic heterocycles. The van der Waals surface area contributed by atoms with E-state index in [1.807, 2.05) is 12.1 Å². The fraction of sp³-hybridized carbons (Fsp3) is 0.500. The fourth-order valence-electron chi connectivity index (χ4n) is 2.45. The molecule has 1 atom stereocenters. The second-order valence-electron chi connectivity index (χ2n) is 4.57. The third-order valence-electron chi connectivity index (χ3n) is 3.48. The van der Waals surface area contributed by atoms with Crippen molar-refractivity contribution in [1.29, 1.82) is 0 Å². The van der Waals surface area contributed by atoms with Crippen LogP contribution in [0.5, 0.6) is 0 Å². The Kier molecular flexibility index (Phi) is 4.33. The van der Waals surface area contributed by atoms with Crippen molar-refractivity contribution in [3.8, 4) is 0 Å². The zero-order valence-electron chi connectivity index (χ0n) is 11.0. The topological polar surface area (TPSA) is 41.6 Å². The average Bonchev–Trinajstić information content (AvgIpc) is 2.43. The van der Waals surface area contributed by atoms with Crippen LogP contribution in [0.15, 0.2) is 24.3 Å². The predicted molar refractivity (Wildman–Crippen MR) is 70.3 cm³/mol. The molecule has 0 aromatic heterocycles. The highest BCUT2D eigenvalue weighted by Crippen LogP contribution is 2.23. The molecule has 1 heterocycles. The van der Waals surface area contributed by atoms with Crippen LogP contribution >= 0.6 is 0 Å². The first-order valence-corrected chi connectivity index (χ1v) is 6.27. The summed E-state index contributed by atoms with van der Waals surface area (Å²) in [5, 5.41) is 2.75. The molecule has 0 saturated heterocycles. The number of hydrogen-bond acceptors (Lipinski definition) is 3. The highest BCUT2D eigenvalue weighted by Gasteiger charge is 2.30. The van der Waals surface area contributed by atoms with Crippen LogP contribution < -0.4 is 5.32 Å². The lowest BCUT2D eigenvalue weighted by Crippen LogP contribution is -2.50. The van der Waals surface area contributed by atoms with E-state index in [2.05, 4.69) is 22.3 Å². The van der Waals surface area contributed by atoms with Crippen molar-refractivity contribution in [3.05, 3.63) is 35.4 Å². The maximum absolute atomic E-state index is 12.0. The third kappa shape index (κ3) is 2.71. The molecule has 98 valence electrons. The minimum atomic E-state index is -0.0833. The van der Waals surface area contributed by atoms with E-state index >= 15 is 0 Å². The van der Waals surface area contributed by atoms with E-state index in [0.717, 1.165) is 19.5 Å². The molecule has 2 rings (SSSR count). The van der Waals surface area contributed by atoms with Gasteiger partial charge in [0.25, 0.3) is 0 Å². The van der Waals surface area contributed by atoms with Gasteiger partial charge in [0.15, 0.2) is 0 Å². The summed E-state index contributed by atoms with van der Waals surface area (Å²) in [6, 6.07) is 8.24. The van der Waals surface area contributed by atoms with Gasteiger partial charge >= 0.3 is 0 Å². The molecular weight excluding hydrogens is 228 g/mol. The van der Waals surface area contributed by atoms with Crippen molar-refractivity contribution < 1.29 is 9.53 Å². The van der Waals surface area contributed by atoms with Crippen LogP contribution in [0.3, 0.4) is 0 Å². The van der Waals surface area contributed by atoms with Gasteiger partial charge in [0.2, 0.25) is 5.91 Å². The van der Waals surface area contributed by atoms with E-state index < -0.39 is 0 Å². The molecule has 0 unspecified atom stereocenters. The number of hydrogen-bond donors (Lipinski definition) is 1. The molecule has 1 N–H and O–H groups in total. The van der Waals surface area contributed by atoms with Crippen LogP contribution in [0.4, 0.5) is 0 Å². The first kappa shape index (κ1) is 13.1. The van der Waals surface area contributed by atoms with E-state index in [9.17, 15) is 4.79 Å². The maximum Gasteiger partial charge on any atom is 0.237 e. The number of carbonyl (C=O) groups excluding carboxylic acids is 1. The van der Waals surface area contributed by atoms with Gasteiger partial charge in [0, 0.05) is 27.2 Å². The zero-order valence-corrected chi connectivity index (χ0v) is 11.0. The van der Waals surface area contributed by atoms with Crippen molar-refractivity contribution in [2.45, 2.75) is 19.0 Å².